The second kappa shape index (κ2) is 8.82. The summed E-state index contributed by atoms with van der Waals surface area (Å²) in [4.78, 5) is 23.2. The second-order valence-corrected chi connectivity index (χ2v) is 6.04. The molecule has 0 aliphatic carbocycles. The van der Waals surface area contributed by atoms with Crippen LogP contribution in [0.25, 0.3) is 0 Å². The molecular formula is C17H25N3O3. The highest BCUT2D eigenvalue weighted by molar-refractivity contribution is 5.99. The van der Waals surface area contributed by atoms with Crippen molar-refractivity contribution in [2.24, 2.45) is 0 Å². The molecule has 0 aliphatic rings. The Morgan fingerprint density at radius 1 is 1.09 bits per heavy atom. The number of carbonyl (C=O) groups excluding carboxylic acids is 2. The monoisotopic (exact) mass is 319 g/mol. The summed E-state index contributed by atoms with van der Waals surface area (Å²) in [6.07, 6.45) is 1.02. The minimum atomic E-state index is -0.511. The molecule has 0 fully saturated rings. The number of carbonyl (C=O) groups is 2. The summed E-state index contributed by atoms with van der Waals surface area (Å²) in [5, 5.41) is 8.45. The van der Waals surface area contributed by atoms with Gasteiger partial charge in [-0.1, -0.05) is 18.2 Å². The number of rotatable bonds is 6. The van der Waals surface area contributed by atoms with Crippen LogP contribution in [-0.2, 0) is 9.53 Å². The van der Waals surface area contributed by atoms with Crippen molar-refractivity contribution >= 4 is 17.7 Å². The van der Waals surface area contributed by atoms with E-state index in [9.17, 15) is 9.59 Å². The molecule has 126 valence electrons. The quantitative estimate of drug-likeness (QED) is 0.556. The van der Waals surface area contributed by atoms with Gasteiger partial charge in [0.05, 0.1) is 0 Å². The smallest absolute Gasteiger partial charge is 0.407 e. The fourth-order valence-electron chi connectivity index (χ4n) is 1.69. The van der Waals surface area contributed by atoms with Crippen molar-refractivity contribution in [1.82, 2.24) is 10.6 Å². The molecule has 0 aliphatic heterocycles. The molecule has 23 heavy (non-hydrogen) atoms. The van der Waals surface area contributed by atoms with Gasteiger partial charge in [0.1, 0.15) is 5.60 Å². The van der Waals surface area contributed by atoms with Gasteiger partial charge in [-0.05, 0) is 39.8 Å². The summed E-state index contributed by atoms with van der Waals surface area (Å²) in [7, 11) is 0. The van der Waals surface area contributed by atoms with E-state index in [1.54, 1.807) is 6.92 Å². The lowest BCUT2D eigenvalue weighted by atomic mass is 10.2. The molecule has 0 unspecified atom stereocenters. The Morgan fingerprint density at radius 3 is 2.30 bits per heavy atom. The predicted molar refractivity (Wildman–Crippen MR) is 91.1 cm³/mol. The normalized spacial score (nSPS) is 11.6. The van der Waals surface area contributed by atoms with Gasteiger partial charge in [0, 0.05) is 30.5 Å². The Labute approximate surface area is 137 Å². The fourth-order valence-corrected chi connectivity index (χ4v) is 1.69. The average molecular weight is 319 g/mol. The number of benzene rings is 1. The van der Waals surface area contributed by atoms with Gasteiger partial charge in [-0.25, -0.2) is 4.79 Å². The lowest BCUT2D eigenvalue weighted by Crippen LogP contribution is -2.36. The zero-order chi connectivity index (χ0) is 17.3. The van der Waals surface area contributed by atoms with Gasteiger partial charge in [-0.3, -0.25) is 4.79 Å². The molecule has 2 amide bonds. The lowest BCUT2D eigenvalue weighted by Gasteiger charge is -2.19. The van der Waals surface area contributed by atoms with Gasteiger partial charge < -0.3 is 20.7 Å². The highest BCUT2D eigenvalue weighted by Gasteiger charge is 2.15. The minimum absolute atomic E-state index is 0.207. The molecule has 1 aromatic rings. The first-order valence-corrected chi connectivity index (χ1v) is 7.51. The van der Waals surface area contributed by atoms with E-state index in [-0.39, 0.29) is 5.91 Å². The first kappa shape index (κ1) is 18.5. The van der Waals surface area contributed by atoms with Gasteiger partial charge in [0.15, 0.2) is 0 Å². The first-order valence-electron chi connectivity index (χ1n) is 7.51. The van der Waals surface area contributed by atoms with Gasteiger partial charge in [-0.2, -0.15) is 0 Å². The highest BCUT2D eigenvalue weighted by Crippen LogP contribution is 2.06. The van der Waals surface area contributed by atoms with E-state index in [1.807, 2.05) is 51.1 Å². The Hall–Kier alpha value is -2.50. The minimum Gasteiger partial charge on any atom is -0.444 e. The van der Waals surface area contributed by atoms with Gasteiger partial charge in [0.25, 0.3) is 0 Å². The van der Waals surface area contributed by atoms with Crippen molar-refractivity contribution in [3.63, 3.8) is 0 Å². The Morgan fingerprint density at radius 2 is 1.70 bits per heavy atom. The number of para-hydroxylation sites is 1. The van der Waals surface area contributed by atoms with E-state index in [2.05, 4.69) is 16.0 Å². The van der Waals surface area contributed by atoms with Crippen LogP contribution in [0.4, 0.5) is 10.5 Å². The molecule has 6 heteroatoms. The molecule has 3 N–H and O–H groups in total. The number of hydrogen-bond acceptors (Lipinski definition) is 4. The van der Waals surface area contributed by atoms with Crippen molar-refractivity contribution < 1.29 is 14.3 Å². The molecule has 0 heterocycles. The van der Waals surface area contributed by atoms with Crippen LogP contribution in [-0.4, -0.2) is 30.7 Å². The summed E-state index contributed by atoms with van der Waals surface area (Å²) in [5.74, 6) is -0.207. The van der Waals surface area contributed by atoms with Crippen LogP contribution < -0.4 is 16.0 Å². The third-order valence-corrected chi connectivity index (χ3v) is 2.59. The van der Waals surface area contributed by atoms with Crippen molar-refractivity contribution in [2.45, 2.75) is 33.3 Å². The van der Waals surface area contributed by atoms with Crippen LogP contribution in [0.2, 0.25) is 0 Å². The van der Waals surface area contributed by atoms with Crippen LogP contribution in [0.1, 0.15) is 27.7 Å². The third kappa shape index (κ3) is 9.18. The van der Waals surface area contributed by atoms with Crippen LogP contribution in [0.5, 0.6) is 0 Å². The number of hydrogen-bond donors (Lipinski definition) is 3. The second-order valence-electron chi connectivity index (χ2n) is 6.04. The van der Waals surface area contributed by atoms with Crippen LogP contribution in [0.3, 0.4) is 0 Å². The van der Waals surface area contributed by atoms with Crippen LogP contribution in [0, 0.1) is 0 Å². The SMILES string of the molecule is C/C(=C/C(=O)Nc1ccccc1)NCCNC(=O)OC(C)(C)C. The highest BCUT2D eigenvalue weighted by atomic mass is 16.6. The number of allylic oxidation sites excluding steroid dienone is 1. The standard InChI is InChI=1S/C17H25N3O3/c1-13(12-15(21)20-14-8-6-5-7-9-14)18-10-11-19-16(22)23-17(2,3)4/h5-9,12,18H,10-11H2,1-4H3,(H,19,22)(H,20,21)/b13-12-. The molecule has 1 rings (SSSR count). The molecule has 0 saturated carbocycles. The number of ether oxygens (including phenoxy) is 1. The fraction of sp³-hybridized carbons (Fsp3) is 0.412. The number of alkyl carbamates (subject to hydrolysis) is 1. The maximum absolute atomic E-state index is 11.8. The zero-order valence-corrected chi connectivity index (χ0v) is 14.1. The molecule has 0 atom stereocenters. The summed E-state index contributed by atoms with van der Waals surface area (Å²) in [5.41, 5.74) is 0.945. The molecule has 0 aromatic heterocycles. The maximum atomic E-state index is 11.8. The van der Waals surface area contributed by atoms with Crippen molar-refractivity contribution in [3.8, 4) is 0 Å². The van der Waals surface area contributed by atoms with Crippen LogP contribution in [0.15, 0.2) is 42.1 Å². The van der Waals surface area contributed by atoms with E-state index in [4.69, 9.17) is 4.74 Å². The maximum Gasteiger partial charge on any atom is 0.407 e. The number of anilines is 1. The van der Waals surface area contributed by atoms with Gasteiger partial charge >= 0.3 is 6.09 Å². The summed E-state index contributed by atoms with van der Waals surface area (Å²) < 4.78 is 5.12. The van der Waals surface area contributed by atoms with E-state index in [1.165, 1.54) is 6.08 Å². The largest absolute Gasteiger partial charge is 0.444 e. The van der Waals surface area contributed by atoms with Gasteiger partial charge in [0.2, 0.25) is 5.91 Å². The average Bonchev–Trinajstić information content (AvgIpc) is 2.42. The van der Waals surface area contributed by atoms with E-state index in [0.29, 0.717) is 18.8 Å². The molecule has 0 radical (unpaired) electrons. The van der Waals surface area contributed by atoms with E-state index < -0.39 is 11.7 Å². The zero-order valence-electron chi connectivity index (χ0n) is 14.1. The molecule has 0 bridgehead atoms. The van der Waals surface area contributed by atoms with E-state index in [0.717, 1.165) is 5.69 Å². The topological polar surface area (TPSA) is 79.5 Å². The Kier molecular flexibility index (Phi) is 7.12. The Bertz CT molecular complexity index is 548. The summed E-state index contributed by atoms with van der Waals surface area (Å²) >= 11 is 0. The predicted octanol–water partition coefficient (Wildman–Crippen LogP) is 2.64. The van der Waals surface area contributed by atoms with E-state index >= 15 is 0 Å². The number of nitrogens with one attached hydrogen (secondary N) is 3. The Balaban J connectivity index is 2.26. The summed E-state index contributed by atoms with van der Waals surface area (Å²) in [6.45, 7) is 8.12. The number of amides is 2. The molecule has 0 spiro atoms. The molecule has 6 nitrogen and oxygen atoms in total. The lowest BCUT2D eigenvalue weighted by molar-refractivity contribution is -0.112. The molecular weight excluding hydrogens is 294 g/mol. The first-order chi connectivity index (χ1) is 10.8. The van der Waals surface area contributed by atoms with Crippen LogP contribution >= 0.6 is 0 Å². The third-order valence-electron chi connectivity index (χ3n) is 2.59. The van der Waals surface area contributed by atoms with Crippen molar-refractivity contribution in [1.29, 1.82) is 0 Å². The van der Waals surface area contributed by atoms with Crippen molar-refractivity contribution in [3.05, 3.63) is 42.1 Å². The molecule has 0 saturated heterocycles. The molecule has 1 aromatic carbocycles. The van der Waals surface area contributed by atoms with Gasteiger partial charge in [-0.15, -0.1) is 0 Å². The summed E-state index contributed by atoms with van der Waals surface area (Å²) in [6, 6.07) is 9.23. The van der Waals surface area contributed by atoms with Crippen molar-refractivity contribution in [2.75, 3.05) is 18.4 Å².